The van der Waals surface area contributed by atoms with Gasteiger partial charge in [-0.3, -0.25) is 9.59 Å². The standard InChI is InChI=1S/C15H24O3/c1-14(2,3)10-15(4,5)8-6-7-11-9-12(16)18-13(11)17/h6,8,11H,7,9-10H2,1-5H3/b8-6+. The van der Waals surface area contributed by atoms with E-state index in [-0.39, 0.29) is 29.1 Å². The second kappa shape index (κ2) is 5.25. The number of carbonyl (C=O) groups is 2. The largest absolute Gasteiger partial charge is 0.393 e. The molecule has 0 aromatic heterocycles. The summed E-state index contributed by atoms with van der Waals surface area (Å²) in [4.78, 5) is 22.2. The molecule has 1 aliphatic heterocycles. The van der Waals surface area contributed by atoms with Crippen LogP contribution in [-0.2, 0) is 14.3 Å². The first kappa shape index (κ1) is 14.9. The highest BCUT2D eigenvalue weighted by Gasteiger charge is 2.32. The lowest BCUT2D eigenvalue weighted by atomic mass is 9.76. The zero-order chi connectivity index (χ0) is 14.0. The first-order valence-corrected chi connectivity index (χ1v) is 6.51. The summed E-state index contributed by atoms with van der Waals surface area (Å²) in [5, 5.41) is 0. The Balaban J connectivity index is 2.49. The maximum Gasteiger partial charge on any atom is 0.317 e. The summed E-state index contributed by atoms with van der Waals surface area (Å²) in [6.07, 6.45) is 6.05. The van der Waals surface area contributed by atoms with E-state index in [1.165, 1.54) is 0 Å². The third-order valence-electron chi connectivity index (χ3n) is 2.94. The summed E-state index contributed by atoms with van der Waals surface area (Å²) in [5.41, 5.74) is 0.376. The number of carbonyl (C=O) groups excluding carboxylic acids is 2. The maximum absolute atomic E-state index is 11.3. The first-order chi connectivity index (χ1) is 8.09. The summed E-state index contributed by atoms with van der Waals surface area (Å²) >= 11 is 0. The van der Waals surface area contributed by atoms with Crippen LogP contribution in [0.25, 0.3) is 0 Å². The summed E-state index contributed by atoms with van der Waals surface area (Å²) in [5.74, 6) is -1.05. The fourth-order valence-electron chi connectivity index (χ4n) is 2.68. The molecule has 0 radical (unpaired) electrons. The van der Waals surface area contributed by atoms with Gasteiger partial charge in [-0.1, -0.05) is 46.8 Å². The van der Waals surface area contributed by atoms with Crippen molar-refractivity contribution < 1.29 is 14.3 Å². The Bertz CT molecular complexity index is 358. The van der Waals surface area contributed by atoms with E-state index in [2.05, 4.69) is 45.4 Å². The average molecular weight is 252 g/mol. The number of allylic oxidation sites excluding steroid dienone is 2. The molecule has 0 N–H and O–H groups in total. The minimum Gasteiger partial charge on any atom is -0.393 e. The van der Waals surface area contributed by atoms with Crippen molar-refractivity contribution in [3.8, 4) is 0 Å². The van der Waals surface area contributed by atoms with Crippen molar-refractivity contribution in [1.82, 2.24) is 0 Å². The molecule has 1 rings (SSSR count). The van der Waals surface area contributed by atoms with E-state index in [0.717, 1.165) is 6.42 Å². The minimum atomic E-state index is -0.396. The summed E-state index contributed by atoms with van der Waals surface area (Å²) < 4.78 is 4.53. The molecule has 0 saturated carbocycles. The third kappa shape index (κ3) is 5.03. The Hall–Kier alpha value is -1.12. The number of esters is 2. The molecule has 0 aliphatic carbocycles. The van der Waals surface area contributed by atoms with Crippen LogP contribution in [0.5, 0.6) is 0 Å². The Morgan fingerprint density at radius 1 is 1.22 bits per heavy atom. The van der Waals surface area contributed by atoms with Crippen LogP contribution in [0, 0.1) is 16.7 Å². The van der Waals surface area contributed by atoms with Crippen molar-refractivity contribution in [2.45, 2.75) is 53.9 Å². The minimum absolute atomic E-state index is 0.102. The van der Waals surface area contributed by atoms with Gasteiger partial charge in [0.15, 0.2) is 0 Å². The van der Waals surface area contributed by atoms with Gasteiger partial charge in [0.25, 0.3) is 0 Å². The molecule has 0 bridgehead atoms. The molecule has 1 unspecified atom stereocenters. The van der Waals surface area contributed by atoms with Gasteiger partial charge in [0, 0.05) is 0 Å². The van der Waals surface area contributed by atoms with Gasteiger partial charge in [-0.2, -0.15) is 0 Å². The van der Waals surface area contributed by atoms with E-state index in [1.807, 2.05) is 6.08 Å². The zero-order valence-electron chi connectivity index (χ0n) is 12.1. The lowest BCUT2D eigenvalue weighted by Gasteiger charge is -2.29. The highest BCUT2D eigenvalue weighted by molar-refractivity contribution is 5.94. The second-order valence-corrected chi connectivity index (χ2v) is 7.06. The van der Waals surface area contributed by atoms with Gasteiger partial charge in [0.05, 0.1) is 12.3 Å². The van der Waals surface area contributed by atoms with Crippen molar-refractivity contribution in [3.05, 3.63) is 12.2 Å². The molecule has 102 valence electrons. The van der Waals surface area contributed by atoms with Crippen LogP contribution >= 0.6 is 0 Å². The first-order valence-electron chi connectivity index (χ1n) is 6.51. The molecule has 1 atom stereocenters. The summed E-state index contributed by atoms with van der Waals surface area (Å²) in [6, 6.07) is 0. The maximum atomic E-state index is 11.3. The second-order valence-electron chi connectivity index (χ2n) is 7.06. The molecule has 0 aromatic rings. The number of ether oxygens (including phenoxy) is 1. The van der Waals surface area contributed by atoms with E-state index in [4.69, 9.17) is 0 Å². The van der Waals surface area contributed by atoms with Gasteiger partial charge >= 0.3 is 11.9 Å². The predicted molar refractivity (Wildman–Crippen MR) is 70.8 cm³/mol. The molecule has 0 spiro atoms. The molecule has 3 heteroatoms. The van der Waals surface area contributed by atoms with Crippen molar-refractivity contribution in [3.63, 3.8) is 0 Å². The van der Waals surface area contributed by atoms with Crippen molar-refractivity contribution >= 4 is 11.9 Å². The van der Waals surface area contributed by atoms with Gasteiger partial charge in [-0.25, -0.2) is 0 Å². The van der Waals surface area contributed by atoms with Gasteiger partial charge < -0.3 is 4.74 Å². The van der Waals surface area contributed by atoms with Crippen LogP contribution in [0.15, 0.2) is 12.2 Å². The number of rotatable bonds is 4. The van der Waals surface area contributed by atoms with Crippen LogP contribution in [0.1, 0.15) is 53.9 Å². The molecular weight excluding hydrogens is 228 g/mol. The van der Waals surface area contributed by atoms with E-state index in [0.29, 0.717) is 6.42 Å². The van der Waals surface area contributed by atoms with E-state index in [9.17, 15) is 9.59 Å². The highest BCUT2D eigenvalue weighted by Crippen LogP contribution is 2.34. The van der Waals surface area contributed by atoms with Crippen LogP contribution in [0.3, 0.4) is 0 Å². The zero-order valence-corrected chi connectivity index (χ0v) is 12.1. The topological polar surface area (TPSA) is 43.4 Å². The molecule has 0 aromatic carbocycles. The molecule has 1 aliphatic rings. The summed E-state index contributed by atoms with van der Waals surface area (Å²) in [6.45, 7) is 11.0. The predicted octanol–water partition coefficient (Wildman–Crippen LogP) is 3.48. The molecule has 1 saturated heterocycles. The fourth-order valence-corrected chi connectivity index (χ4v) is 2.68. The molecule has 0 amide bonds. The Kier molecular flexibility index (Phi) is 4.36. The van der Waals surface area contributed by atoms with E-state index >= 15 is 0 Å². The number of cyclic esters (lactones) is 2. The van der Waals surface area contributed by atoms with Crippen LogP contribution < -0.4 is 0 Å². The van der Waals surface area contributed by atoms with Crippen molar-refractivity contribution in [1.29, 1.82) is 0 Å². The van der Waals surface area contributed by atoms with Crippen LogP contribution in [0.2, 0.25) is 0 Å². The molecule has 18 heavy (non-hydrogen) atoms. The third-order valence-corrected chi connectivity index (χ3v) is 2.94. The SMILES string of the molecule is CC(C)(C)CC(C)(C)/C=C/CC1CC(=O)OC1=O. The molecule has 1 heterocycles. The normalized spacial score (nSPS) is 21.7. The Labute approximate surface area is 110 Å². The molecular formula is C15H24O3. The average Bonchev–Trinajstić information content (AvgIpc) is 2.40. The van der Waals surface area contributed by atoms with Crippen molar-refractivity contribution in [2.24, 2.45) is 16.7 Å². The van der Waals surface area contributed by atoms with Gasteiger partial charge in [-0.15, -0.1) is 0 Å². The van der Waals surface area contributed by atoms with Gasteiger partial charge in [0.1, 0.15) is 0 Å². The fraction of sp³-hybridized carbons (Fsp3) is 0.733. The quantitative estimate of drug-likeness (QED) is 0.437. The number of hydrogen-bond acceptors (Lipinski definition) is 3. The van der Waals surface area contributed by atoms with Crippen LogP contribution in [0.4, 0.5) is 0 Å². The van der Waals surface area contributed by atoms with Crippen LogP contribution in [-0.4, -0.2) is 11.9 Å². The summed E-state index contributed by atoms with van der Waals surface area (Å²) in [7, 11) is 0. The Morgan fingerprint density at radius 3 is 2.28 bits per heavy atom. The van der Waals surface area contributed by atoms with Gasteiger partial charge in [0.2, 0.25) is 0 Å². The lowest BCUT2D eigenvalue weighted by Crippen LogP contribution is -2.18. The Morgan fingerprint density at radius 2 is 1.83 bits per heavy atom. The highest BCUT2D eigenvalue weighted by atomic mass is 16.6. The van der Waals surface area contributed by atoms with Gasteiger partial charge in [-0.05, 0) is 23.7 Å². The van der Waals surface area contributed by atoms with E-state index < -0.39 is 5.97 Å². The monoisotopic (exact) mass is 252 g/mol. The molecule has 1 fully saturated rings. The smallest absolute Gasteiger partial charge is 0.317 e. The molecule has 3 nitrogen and oxygen atoms in total. The van der Waals surface area contributed by atoms with Crippen molar-refractivity contribution in [2.75, 3.05) is 0 Å². The van der Waals surface area contributed by atoms with E-state index in [1.54, 1.807) is 0 Å². The number of hydrogen-bond donors (Lipinski definition) is 0. The lowest BCUT2D eigenvalue weighted by molar-refractivity contribution is -0.153.